The van der Waals surface area contributed by atoms with Crippen molar-refractivity contribution in [1.82, 2.24) is 0 Å². The number of unbranched alkanes of at least 4 members (excludes halogenated alkanes) is 3. The number of aliphatic hydroxyl groups excluding tert-OH is 2. The van der Waals surface area contributed by atoms with Crippen molar-refractivity contribution in [3.63, 3.8) is 0 Å². The average molecular weight is 529 g/mol. The Morgan fingerprint density at radius 1 is 0.658 bits per heavy atom. The Balaban J connectivity index is 1.94. The van der Waals surface area contributed by atoms with E-state index in [-0.39, 0.29) is 33.9 Å². The molecule has 0 saturated heterocycles. The Morgan fingerprint density at radius 3 is 1.29 bits per heavy atom. The van der Waals surface area contributed by atoms with E-state index in [9.17, 15) is 19.8 Å². The van der Waals surface area contributed by atoms with Gasteiger partial charge in [-0.3, -0.25) is 19.6 Å². The predicted octanol–water partition coefficient (Wildman–Crippen LogP) is 7.92. The van der Waals surface area contributed by atoms with Gasteiger partial charge in [0.2, 0.25) is 0 Å². The van der Waals surface area contributed by atoms with Crippen LogP contribution in [0, 0.1) is 22.7 Å². The molecule has 214 valence electrons. The number of aliphatic imine (C=N–C) groups is 2. The van der Waals surface area contributed by atoms with Crippen molar-refractivity contribution in [3.05, 3.63) is 22.7 Å². The summed E-state index contributed by atoms with van der Waals surface area (Å²) in [6.45, 7) is 17.8. The van der Waals surface area contributed by atoms with Crippen LogP contribution in [-0.4, -0.2) is 46.3 Å². The molecule has 0 aromatic carbocycles. The van der Waals surface area contributed by atoms with E-state index in [0.717, 1.165) is 37.1 Å². The molecule has 0 amide bonds. The van der Waals surface area contributed by atoms with Gasteiger partial charge in [0.05, 0.1) is 11.1 Å². The fraction of sp³-hybridized carbons (Fsp3) is 0.750. The van der Waals surface area contributed by atoms with Gasteiger partial charge in [0.1, 0.15) is 11.5 Å². The van der Waals surface area contributed by atoms with E-state index in [1.807, 2.05) is 27.7 Å². The third kappa shape index (κ3) is 9.81. The maximum atomic E-state index is 12.8. The van der Waals surface area contributed by atoms with E-state index in [2.05, 4.69) is 27.7 Å². The number of carbonyl (C=O) groups is 2. The van der Waals surface area contributed by atoms with Gasteiger partial charge in [-0.1, -0.05) is 68.2 Å². The predicted molar refractivity (Wildman–Crippen MR) is 157 cm³/mol. The standard InChI is InChI=1S/C32H52N2O4/c1-21(2)15-23(29-25(35)17-31(5,6)18-26(29)36)33-13-11-9-10-12-14-34-24(16-22(3)4)30-27(37)19-32(7,8)20-28(30)38/h21-22,35,37H,9-20H2,1-8H3. The highest BCUT2D eigenvalue weighted by atomic mass is 16.3. The number of allylic oxidation sites excluding steroid dienone is 4. The first-order chi connectivity index (χ1) is 17.6. The highest BCUT2D eigenvalue weighted by molar-refractivity contribution is 6.24. The fourth-order valence-electron chi connectivity index (χ4n) is 5.50. The summed E-state index contributed by atoms with van der Waals surface area (Å²) in [5.41, 5.74) is 2.03. The largest absolute Gasteiger partial charge is 0.511 e. The van der Waals surface area contributed by atoms with Crippen molar-refractivity contribution in [1.29, 1.82) is 0 Å². The van der Waals surface area contributed by atoms with Gasteiger partial charge < -0.3 is 10.2 Å². The van der Waals surface area contributed by atoms with Gasteiger partial charge in [-0.15, -0.1) is 0 Å². The van der Waals surface area contributed by atoms with Crippen molar-refractivity contribution in [2.24, 2.45) is 32.7 Å². The van der Waals surface area contributed by atoms with Crippen LogP contribution in [0.15, 0.2) is 32.6 Å². The monoisotopic (exact) mass is 528 g/mol. The van der Waals surface area contributed by atoms with Crippen molar-refractivity contribution >= 4 is 23.0 Å². The van der Waals surface area contributed by atoms with Crippen LogP contribution >= 0.6 is 0 Å². The lowest BCUT2D eigenvalue weighted by Gasteiger charge is -2.30. The first-order valence-corrected chi connectivity index (χ1v) is 14.6. The lowest BCUT2D eigenvalue weighted by molar-refractivity contribution is -0.118. The topological polar surface area (TPSA) is 99.3 Å². The van der Waals surface area contributed by atoms with E-state index >= 15 is 0 Å². The molecule has 2 N–H and O–H groups in total. The van der Waals surface area contributed by atoms with Crippen LogP contribution in [0.5, 0.6) is 0 Å². The SMILES string of the molecule is CC(C)CC(=NCCCCCCN=C(CC(C)C)C1=C(O)CC(C)(C)CC1=O)C1=C(O)CC(C)(C)CC1=O. The first kappa shape index (κ1) is 32.0. The van der Waals surface area contributed by atoms with E-state index in [1.165, 1.54) is 0 Å². The Kier molecular flexibility index (Phi) is 11.5. The molecule has 2 aliphatic carbocycles. The molecular formula is C32H52N2O4. The molecule has 0 heterocycles. The van der Waals surface area contributed by atoms with Crippen molar-refractivity contribution in [3.8, 4) is 0 Å². The molecule has 0 atom stereocenters. The maximum absolute atomic E-state index is 12.8. The Hall–Kier alpha value is -2.24. The molecule has 0 spiro atoms. The van der Waals surface area contributed by atoms with Crippen LogP contribution in [-0.2, 0) is 9.59 Å². The summed E-state index contributed by atoms with van der Waals surface area (Å²) in [7, 11) is 0. The Labute approximate surface area is 230 Å². The highest BCUT2D eigenvalue weighted by Gasteiger charge is 2.36. The molecule has 6 heteroatoms. The van der Waals surface area contributed by atoms with Gasteiger partial charge in [-0.05, 0) is 48.3 Å². The second-order valence-corrected chi connectivity index (χ2v) is 13.8. The zero-order valence-electron chi connectivity index (χ0n) is 25.2. The van der Waals surface area contributed by atoms with Gasteiger partial charge in [0.15, 0.2) is 11.6 Å². The summed E-state index contributed by atoms with van der Waals surface area (Å²) in [5, 5.41) is 21.3. The number of hydrogen-bond donors (Lipinski definition) is 2. The van der Waals surface area contributed by atoms with Crippen LogP contribution in [0.1, 0.15) is 120 Å². The van der Waals surface area contributed by atoms with E-state index in [0.29, 0.717) is 74.6 Å². The summed E-state index contributed by atoms with van der Waals surface area (Å²) < 4.78 is 0. The van der Waals surface area contributed by atoms with E-state index < -0.39 is 0 Å². The number of carbonyl (C=O) groups excluding carboxylic acids is 2. The third-order valence-electron chi connectivity index (χ3n) is 7.16. The molecule has 0 saturated carbocycles. The maximum Gasteiger partial charge on any atom is 0.168 e. The number of ketones is 2. The number of rotatable bonds is 13. The van der Waals surface area contributed by atoms with Gasteiger partial charge in [0, 0.05) is 50.2 Å². The third-order valence-corrected chi connectivity index (χ3v) is 7.16. The highest BCUT2D eigenvalue weighted by Crippen LogP contribution is 2.38. The summed E-state index contributed by atoms with van der Waals surface area (Å²) in [6, 6.07) is 0. The molecule has 0 fully saturated rings. The molecule has 38 heavy (non-hydrogen) atoms. The van der Waals surface area contributed by atoms with Crippen LogP contribution in [0.25, 0.3) is 0 Å². The van der Waals surface area contributed by atoms with Crippen molar-refractivity contribution in [2.45, 2.75) is 120 Å². The lowest BCUT2D eigenvalue weighted by atomic mass is 9.75. The molecule has 0 unspecified atom stereocenters. The van der Waals surface area contributed by atoms with Crippen LogP contribution in [0.2, 0.25) is 0 Å². The van der Waals surface area contributed by atoms with E-state index in [1.54, 1.807) is 0 Å². The summed E-state index contributed by atoms with van der Waals surface area (Å²) in [6.07, 6.45) is 7.14. The number of nitrogens with zero attached hydrogens (tertiary/aromatic N) is 2. The minimum atomic E-state index is -0.207. The van der Waals surface area contributed by atoms with Crippen LogP contribution < -0.4 is 0 Å². The molecule has 0 radical (unpaired) electrons. The zero-order chi connectivity index (χ0) is 28.7. The average Bonchev–Trinajstić information content (AvgIpc) is 2.71. The molecule has 2 aliphatic rings. The van der Waals surface area contributed by atoms with Gasteiger partial charge >= 0.3 is 0 Å². The normalized spacial score (nSPS) is 20.8. The number of hydrogen-bond acceptors (Lipinski definition) is 6. The quantitative estimate of drug-likeness (QED) is 0.187. The molecular weight excluding hydrogens is 476 g/mol. The molecule has 2 rings (SSSR count). The Morgan fingerprint density at radius 2 is 1.00 bits per heavy atom. The number of aliphatic hydroxyl groups is 2. The van der Waals surface area contributed by atoms with Gasteiger partial charge in [0.25, 0.3) is 0 Å². The van der Waals surface area contributed by atoms with Crippen molar-refractivity contribution < 1.29 is 19.8 Å². The molecule has 6 nitrogen and oxygen atoms in total. The fourth-order valence-corrected chi connectivity index (χ4v) is 5.50. The summed E-state index contributed by atoms with van der Waals surface area (Å²) >= 11 is 0. The minimum Gasteiger partial charge on any atom is -0.511 e. The second-order valence-electron chi connectivity index (χ2n) is 13.8. The van der Waals surface area contributed by atoms with Gasteiger partial charge in [-0.25, -0.2) is 0 Å². The number of Topliss-reactive ketones (excluding diaryl/α,β-unsaturated/α-hetero) is 2. The smallest absolute Gasteiger partial charge is 0.168 e. The van der Waals surface area contributed by atoms with E-state index in [4.69, 9.17) is 9.98 Å². The van der Waals surface area contributed by atoms with Crippen molar-refractivity contribution in [2.75, 3.05) is 13.1 Å². The minimum absolute atomic E-state index is 0.00868. The van der Waals surface area contributed by atoms with Gasteiger partial charge in [-0.2, -0.15) is 0 Å². The molecule has 0 aromatic heterocycles. The lowest BCUT2D eigenvalue weighted by Crippen LogP contribution is -2.30. The molecule has 0 aliphatic heterocycles. The van der Waals surface area contributed by atoms with Crippen LogP contribution in [0.4, 0.5) is 0 Å². The first-order valence-electron chi connectivity index (χ1n) is 14.6. The summed E-state index contributed by atoms with van der Waals surface area (Å²) in [4.78, 5) is 35.2. The summed E-state index contributed by atoms with van der Waals surface area (Å²) in [5.74, 6) is 1.12. The zero-order valence-corrected chi connectivity index (χ0v) is 25.2. The van der Waals surface area contributed by atoms with Crippen LogP contribution in [0.3, 0.4) is 0 Å². The molecule has 0 bridgehead atoms. The molecule has 0 aromatic rings. The Bertz CT molecular complexity index is 913. The second kappa shape index (κ2) is 13.7.